The number of ether oxygens (including phenoxy) is 1. The van der Waals surface area contributed by atoms with E-state index < -0.39 is 0 Å². The summed E-state index contributed by atoms with van der Waals surface area (Å²) in [6, 6.07) is 59.6. The molecule has 4 heteroatoms. The Labute approximate surface area is 289 Å². The van der Waals surface area contributed by atoms with Gasteiger partial charge < -0.3 is 4.74 Å². The van der Waals surface area contributed by atoms with E-state index in [9.17, 15) is 0 Å². The summed E-state index contributed by atoms with van der Waals surface area (Å²) in [6.07, 6.45) is 1.87. The number of aromatic nitrogens is 3. The summed E-state index contributed by atoms with van der Waals surface area (Å²) in [4.78, 5) is 9.75. The van der Waals surface area contributed by atoms with Crippen molar-refractivity contribution in [2.24, 2.45) is 0 Å². The molecule has 0 saturated heterocycles. The van der Waals surface area contributed by atoms with E-state index in [1.807, 2.05) is 36.5 Å². The van der Waals surface area contributed by atoms with Crippen LogP contribution in [-0.2, 0) is 0 Å². The Balaban J connectivity index is 0.932. The quantitative estimate of drug-likeness (QED) is 0.188. The van der Waals surface area contributed by atoms with Crippen molar-refractivity contribution in [2.75, 3.05) is 0 Å². The van der Waals surface area contributed by atoms with Crippen molar-refractivity contribution in [3.05, 3.63) is 176 Å². The Bertz CT molecular complexity index is 2710. The minimum atomic E-state index is 0.835. The second kappa shape index (κ2) is 11.4. The summed E-state index contributed by atoms with van der Waals surface area (Å²) in [6.45, 7) is 0. The predicted octanol–water partition coefficient (Wildman–Crippen LogP) is 12.0. The molecule has 0 atom stereocenters. The molecule has 10 rings (SSSR count). The minimum Gasteiger partial charge on any atom is -0.456 e. The summed E-state index contributed by atoms with van der Waals surface area (Å²) in [5.41, 5.74) is 13.2. The van der Waals surface area contributed by atoms with Crippen molar-refractivity contribution in [3.63, 3.8) is 0 Å². The zero-order valence-electron chi connectivity index (χ0n) is 27.0. The van der Waals surface area contributed by atoms with Gasteiger partial charge in [-0.25, -0.2) is 4.98 Å². The molecule has 1 aliphatic heterocycles. The highest BCUT2D eigenvalue weighted by Crippen LogP contribution is 2.46. The van der Waals surface area contributed by atoms with Crippen LogP contribution in [0.1, 0.15) is 0 Å². The van der Waals surface area contributed by atoms with Gasteiger partial charge in [0.1, 0.15) is 17.3 Å². The van der Waals surface area contributed by atoms with Crippen LogP contribution in [0.25, 0.3) is 83.5 Å². The zero-order valence-corrected chi connectivity index (χ0v) is 27.0. The Morgan fingerprint density at radius 2 is 1.10 bits per heavy atom. The first-order valence-corrected chi connectivity index (χ1v) is 16.8. The number of rotatable bonds is 5. The minimum absolute atomic E-state index is 0.835. The third kappa shape index (κ3) is 4.69. The normalized spacial score (nSPS) is 11.8. The predicted molar refractivity (Wildman–Crippen MR) is 204 cm³/mol. The summed E-state index contributed by atoms with van der Waals surface area (Å²) in [5, 5.41) is 2.21. The number of benzene rings is 7. The molecule has 0 bridgehead atoms. The third-order valence-electron chi connectivity index (χ3n) is 9.68. The van der Waals surface area contributed by atoms with Gasteiger partial charge in [0.25, 0.3) is 0 Å². The van der Waals surface area contributed by atoms with E-state index in [1.165, 1.54) is 16.7 Å². The number of hydrogen-bond donors (Lipinski definition) is 0. The molecule has 0 aliphatic carbocycles. The molecule has 4 nitrogen and oxygen atoms in total. The highest BCUT2D eigenvalue weighted by atomic mass is 16.5. The van der Waals surface area contributed by atoms with Crippen molar-refractivity contribution < 1.29 is 4.74 Å². The van der Waals surface area contributed by atoms with Gasteiger partial charge in [0, 0.05) is 23.0 Å². The summed E-state index contributed by atoms with van der Waals surface area (Å²) in [5.74, 6) is 2.62. The van der Waals surface area contributed by atoms with Crippen molar-refractivity contribution in [2.45, 2.75) is 0 Å². The average Bonchev–Trinajstić information content (AvgIpc) is 3.58. The number of nitrogens with zero attached hydrogens (tertiary/aromatic N) is 3. The highest BCUT2D eigenvalue weighted by molar-refractivity contribution is 6.02. The fourth-order valence-electron chi connectivity index (χ4n) is 7.19. The molecule has 234 valence electrons. The smallest absolute Gasteiger partial charge is 0.145 e. The highest BCUT2D eigenvalue weighted by Gasteiger charge is 2.21. The van der Waals surface area contributed by atoms with Gasteiger partial charge in [-0.3, -0.25) is 9.55 Å². The van der Waals surface area contributed by atoms with Crippen LogP contribution in [0.3, 0.4) is 0 Å². The SMILES string of the molecule is c1ccc(-n2c(-c3ccc(-c4cccc(-c5ccc(-c6ccc7c(c6)Oc6cccc8ccnc-7c68)cc5)c4)cc3)nc3ccccc32)cc1. The maximum Gasteiger partial charge on any atom is 0.145 e. The number of imidazole rings is 1. The number of pyridine rings is 1. The Morgan fingerprint density at radius 3 is 1.86 bits per heavy atom. The lowest BCUT2D eigenvalue weighted by Crippen LogP contribution is -1.99. The number of hydrogen-bond acceptors (Lipinski definition) is 3. The van der Waals surface area contributed by atoms with E-state index in [1.54, 1.807) is 0 Å². The number of para-hydroxylation sites is 3. The molecule has 0 amide bonds. The van der Waals surface area contributed by atoms with E-state index in [0.717, 1.165) is 78.3 Å². The molecule has 0 unspecified atom stereocenters. The second-order valence-corrected chi connectivity index (χ2v) is 12.7. The van der Waals surface area contributed by atoms with Gasteiger partial charge in [0.2, 0.25) is 0 Å². The molecule has 1 aliphatic rings. The van der Waals surface area contributed by atoms with Crippen LogP contribution in [0.4, 0.5) is 0 Å². The molecular formula is C46H29N3O. The first kappa shape index (κ1) is 28.3. The van der Waals surface area contributed by atoms with E-state index in [2.05, 4.69) is 144 Å². The summed E-state index contributed by atoms with van der Waals surface area (Å²) in [7, 11) is 0. The van der Waals surface area contributed by atoms with Gasteiger partial charge >= 0.3 is 0 Å². The Kier molecular flexibility index (Phi) is 6.46. The van der Waals surface area contributed by atoms with Crippen LogP contribution in [0.2, 0.25) is 0 Å². The fourth-order valence-corrected chi connectivity index (χ4v) is 7.19. The molecule has 0 saturated carbocycles. The molecule has 0 spiro atoms. The standard InChI is InChI=1S/C46H29N3O/c1-2-11-38(12-3-1)49-41-14-5-4-13-40(41)48-46(49)34-22-20-31(21-23-34)36-10-6-9-35(28-36)30-16-18-32(19-17-30)37-24-25-39-43(29-37)50-42-15-7-8-33-26-27-47-45(39)44(33)42/h1-29H. The number of fused-ring (bicyclic) bond motifs is 3. The largest absolute Gasteiger partial charge is 0.456 e. The maximum absolute atomic E-state index is 6.39. The van der Waals surface area contributed by atoms with E-state index in [0.29, 0.717) is 0 Å². The van der Waals surface area contributed by atoms with Gasteiger partial charge in [-0.15, -0.1) is 0 Å². The van der Waals surface area contributed by atoms with Crippen molar-refractivity contribution in [3.8, 4) is 73.2 Å². The van der Waals surface area contributed by atoms with Crippen LogP contribution in [0.15, 0.2) is 176 Å². The Morgan fingerprint density at radius 1 is 0.460 bits per heavy atom. The molecule has 0 fully saturated rings. The summed E-state index contributed by atoms with van der Waals surface area (Å²) >= 11 is 0. The van der Waals surface area contributed by atoms with Crippen molar-refractivity contribution in [1.82, 2.24) is 14.5 Å². The lowest BCUT2D eigenvalue weighted by atomic mass is 9.95. The van der Waals surface area contributed by atoms with E-state index in [4.69, 9.17) is 14.7 Å². The van der Waals surface area contributed by atoms with E-state index >= 15 is 0 Å². The monoisotopic (exact) mass is 639 g/mol. The van der Waals surface area contributed by atoms with Crippen LogP contribution in [-0.4, -0.2) is 14.5 Å². The van der Waals surface area contributed by atoms with Gasteiger partial charge in [-0.2, -0.15) is 0 Å². The first-order valence-electron chi connectivity index (χ1n) is 16.8. The van der Waals surface area contributed by atoms with Crippen LogP contribution in [0.5, 0.6) is 11.5 Å². The first-order chi connectivity index (χ1) is 24.8. The average molecular weight is 640 g/mol. The van der Waals surface area contributed by atoms with Crippen LogP contribution < -0.4 is 4.74 Å². The molecule has 0 radical (unpaired) electrons. The van der Waals surface area contributed by atoms with Gasteiger partial charge in [0.05, 0.1) is 22.1 Å². The van der Waals surface area contributed by atoms with Crippen molar-refractivity contribution >= 4 is 21.8 Å². The molecule has 0 N–H and O–H groups in total. The van der Waals surface area contributed by atoms with Gasteiger partial charge in [-0.05, 0) is 93.4 Å². The zero-order chi connectivity index (χ0) is 33.0. The lowest BCUT2D eigenvalue weighted by molar-refractivity contribution is 0.486. The van der Waals surface area contributed by atoms with E-state index in [-0.39, 0.29) is 0 Å². The maximum atomic E-state index is 6.39. The third-order valence-corrected chi connectivity index (χ3v) is 9.68. The molecule has 7 aromatic carbocycles. The molecule has 2 aromatic heterocycles. The Hall–Kier alpha value is -6.78. The topological polar surface area (TPSA) is 39.9 Å². The molecule has 3 heterocycles. The second-order valence-electron chi connectivity index (χ2n) is 12.7. The fraction of sp³-hybridized carbons (Fsp3) is 0. The summed E-state index contributed by atoms with van der Waals surface area (Å²) < 4.78 is 8.63. The van der Waals surface area contributed by atoms with Crippen molar-refractivity contribution in [1.29, 1.82) is 0 Å². The van der Waals surface area contributed by atoms with Crippen LogP contribution in [0, 0.1) is 0 Å². The lowest BCUT2D eigenvalue weighted by Gasteiger charge is -2.21. The molecule has 50 heavy (non-hydrogen) atoms. The van der Waals surface area contributed by atoms with Gasteiger partial charge in [0.15, 0.2) is 0 Å². The molecule has 9 aromatic rings. The van der Waals surface area contributed by atoms with Gasteiger partial charge in [-0.1, -0.05) is 115 Å². The van der Waals surface area contributed by atoms with Crippen LogP contribution >= 0.6 is 0 Å². The molecular weight excluding hydrogens is 611 g/mol.